The number of nitrogens with one attached hydrogen (secondary N) is 1. The van der Waals surface area contributed by atoms with Crippen LogP contribution in [0.15, 0.2) is 24.3 Å². The van der Waals surface area contributed by atoms with Crippen molar-refractivity contribution in [3.8, 4) is 0 Å². The second-order valence-electron chi connectivity index (χ2n) is 7.09. The molecule has 1 aromatic carbocycles. The molecule has 1 atom stereocenters. The second-order valence-corrected chi connectivity index (χ2v) is 9.35. The fraction of sp³-hybridized carbons (Fsp3) is 0.556. The number of amides is 1. The molecule has 0 saturated carbocycles. The number of hydrogen-bond donors (Lipinski definition) is 2. The average molecular weight is 382 g/mol. The van der Waals surface area contributed by atoms with Gasteiger partial charge in [-0.3, -0.25) is 9.59 Å². The van der Waals surface area contributed by atoms with Crippen molar-refractivity contribution in [1.29, 1.82) is 0 Å². The lowest BCUT2D eigenvalue weighted by molar-refractivity contribution is -0.142. The Kier molecular flexibility index (Phi) is 6.08. The van der Waals surface area contributed by atoms with E-state index in [0.717, 1.165) is 0 Å². The molecule has 0 aromatic heterocycles. The Balaban J connectivity index is 2.04. The molecule has 1 aliphatic heterocycles. The van der Waals surface area contributed by atoms with Crippen molar-refractivity contribution < 1.29 is 23.1 Å². The molecular formula is C18H26N2O5S. The minimum Gasteiger partial charge on any atom is -0.481 e. The van der Waals surface area contributed by atoms with Gasteiger partial charge in [-0.05, 0) is 51.3 Å². The van der Waals surface area contributed by atoms with Crippen molar-refractivity contribution in [2.75, 3.05) is 24.2 Å². The first-order chi connectivity index (χ1) is 12.1. The maximum atomic E-state index is 12.5. The zero-order chi connectivity index (χ0) is 19.5. The smallest absolute Gasteiger partial charge is 0.313 e. The average Bonchev–Trinajstić information content (AvgIpc) is 2.62. The van der Waals surface area contributed by atoms with E-state index in [-0.39, 0.29) is 24.1 Å². The number of aliphatic carboxylic acids is 1. The quantitative estimate of drug-likeness (QED) is 0.784. The first-order valence-corrected chi connectivity index (χ1v) is 10.3. The molecular weight excluding hydrogens is 356 g/mol. The van der Waals surface area contributed by atoms with Gasteiger partial charge in [-0.1, -0.05) is 12.1 Å². The third-order valence-corrected chi connectivity index (χ3v) is 6.77. The van der Waals surface area contributed by atoms with E-state index in [4.69, 9.17) is 0 Å². The zero-order valence-electron chi connectivity index (χ0n) is 15.4. The molecule has 2 rings (SSSR count). The van der Waals surface area contributed by atoms with Crippen molar-refractivity contribution in [3.05, 3.63) is 29.8 Å². The number of hydrogen-bond acceptors (Lipinski definition) is 4. The number of carboxylic acid groups (broad SMARTS) is 1. The molecule has 1 fully saturated rings. The summed E-state index contributed by atoms with van der Waals surface area (Å²) in [4.78, 5) is 23.8. The van der Waals surface area contributed by atoms with Gasteiger partial charge >= 0.3 is 5.97 Å². The summed E-state index contributed by atoms with van der Waals surface area (Å²) in [7, 11) is -3.29. The summed E-state index contributed by atoms with van der Waals surface area (Å²) in [6.45, 7) is 5.49. The van der Waals surface area contributed by atoms with Gasteiger partial charge in [-0.25, -0.2) is 12.7 Å². The lowest BCUT2D eigenvalue weighted by Gasteiger charge is -2.31. The topological polar surface area (TPSA) is 104 Å². The van der Waals surface area contributed by atoms with Crippen LogP contribution in [0.2, 0.25) is 0 Å². The van der Waals surface area contributed by atoms with Crippen molar-refractivity contribution in [2.45, 2.75) is 39.0 Å². The predicted octanol–water partition coefficient (Wildman–Crippen LogP) is 2.05. The maximum Gasteiger partial charge on any atom is 0.313 e. The van der Waals surface area contributed by atoms with Crippen LogP contribution in [0.1, 0.15) is 39.2 Å². The minimum atomic E-state index is -3.29. The highest BCUT2D eigenvalue weighted by Gasteiger charge is 2.32. The van der Waals surface area contributed by atoms with E-state index in [0.29, 0.717) is 30.6 Å². The van der Waals surface area contributed by atoms with Gasteiger partial charge in [0.2, 0.25) is 15.9 Å². The Hall–Kier alpha value is -1.93. The largest absolute Gasteiger partial charge is 0.481 e. The molecule has 26 heavy (non-hydrogen) atoms. The van der Waals surface area contributed by atoms with Gasteiger partial charge in [-0.15, -0.1) is 0 Å². The first kappa shape index (κ1) is 20.4. The predicted molar refractivity (Wildman–Crippen MR) is 99.5 cm³/mol. The second kappa shape index (κ2) is 7.75. The molecule has 1 heterocycles. The number of piperidine rings is 1. The normalized spacial score (nSPS) is 19.1. The van der Waals surface area contributed by atoms with Crippen LogP contribution in [0, 0.1) is 5.92 Å². The Morgan fingerprint density at radius 1 is 1.27 bits per heavy atom. The SMILES string of the molecule is CCS(=O)(=O)N1CCCC(C(=O)Nc2ccc(C(C)(C)C(=O)O)cc2)C1. The molecule has 1 aliphatic rings. The van der Waals surface area contributed by atoms with E-state index in [9.17, 15) is 23.1 Å². The van der Waals surface area contributed by atoms with Crippen molar-refractivity contribution in [3.63, 3.8) is 0 Å². The van der Waals surface area contributed by atoms with Crippen LogP contribution in [0.4, 0.5) is 5.69 Å². The summed E-state index contributed by atoms with van der Waals surface area (Å²) in [5.41, 5.74) is 0.192. The maximum absolute atomic E-state index is 12.5. The number of rotatable bonds is 6. The van der Waals surface area contributed by atoms with Gasteiger partial charge < -0.3 is 10.4 Å². The molecule has 144 valence electrons. The number of sulfonamides is 1. The van der Waals surface area contributed by atoms with Crippen LogP contribution in [0.25, 0.3) is 0 Å². The van der Waals surface area contributed by atoms with Crippen molar-refractivity contribution in [2.24, 2.45) is 5.92 Å². The lowest BCUT2D eigenvalue weighted by Crippen LogP contribution is -2.44. The summed E-state index contributed by atoms with van der Waals surface area (Å²) in [6.07, 6.45) is 1.30. The van der Waals surface area contributed by atoms with Crippen molar-refractivity contribution in [1.82, 2.24) is 4.31 Å². The van der Waals surface area contributed by atoms with Gasteiger partial charge in [0.05, 0.1) is 17.1 Å². The standard InChI is InChI=1S/C18H26N2O5S/c1-4-26(24,25)20-11-5-6-13(12-20)16(21)19-15-9-7-14(8-10-15)18(2,3)17(22)23/h7-10,13H,4-6,11-12H2,1-3H3,(H,19,21)(H,22,23). The monoisotopic (exact) mass is 382 g/mol. The van der Waals surface area contributed by atoms with E-state index < -0.39 is 21.4 Å². The van der Waals surface area contributed by atoms with Crippen molar-refractivity contribution >= 4 is 27.6 Å². The lowest BCUT2D eigenvalue weighted by atomic mass is 9.85. The molecule has 7 nitrogen and oxygen atoms in total. The van der Waals surface area contributed by atoms with E-state index >= 15 is 0 Å². The third-order valence-electron chi connectivity index (χ3n) is 4.92. The number of carbonyl (C=O) groups is 2. The summed E-state index contributed by atoms with van der Waals surface area (Å²) >= 11 is 0. The number of carboxylic acids is 1. The van der Waals surface area contributed by atoms with Gasteiger partial charge in [0, 0.05) is 18.8 Å². The number of nitrogens with zero attached hydrogens (tertiary/aromatic N) is 1. The van der Waals surface area contributed by atoms with E-state index in [1.165, 1.54) is 4.31 Å². The zero-order valence-corrected chi connectivity index (χ0v) is 16.2. The fourth-order valence-electron chi connectivity index (χ4n) is 2.93. The van der Waals surface area contributed by atoms with E-state index in [1.807, 2.05) is 0 Å². The molecule has 2 N–H and O–H groups in total. The molecule has 0 spiro atoms. The Labute approximate surface area is 154 Å². The fourth-order valence-corrected chi connectivity index (χ4v) is 4.11. The summed E-state index contributed by atoms with van der Waals surface area (Å²) in [5.74, 6) is -1.50. The van der Waals surface area contributed by atoms with E-state index in [2.05, 4.69) is 5.32 Å². The molecule has 8 heteroatoms. The van der Waals surface area contributed by atoms with Gasteiger partial charge in [-0.2, -0.15) is 0 Å². The summed E-state index contributed by atoms with van der Waals surface area (Å²) < 4.78 is 25.4. The highest BCUT2D eigenvalue weighted by Crippen LogP contribution is 2.26. The Morgan fingerprint density at radius 2 is 1.88 bits per heavy atom. The van der Waals surface area contributed by atoms with E-state index in [1.54, 1.807) is 45.0 Å². The molecule has 0 bridgehead atoms. The van der Waals surface area contributed by atoms with Gasteiger partial charge in [0.1, 0.15) is 0 Å². The van der Waals surface area contributed by atoms with Crippen LogP contribution < -0.4 is 5.32 Å². The highest BCUT2D eigenvalue weighted by atomic mass is 32.2. The molecule has 1 unspecified atom stereocenters. The molecule has 0 aliphatic carbocycles. The van der Waals surface area contributed by atoms with Gasteiger partial charge in [0.15, 0.2) is 0 Å². The van der Waals surface area contributed by atoms with Gasteiger partial charge in [0.25, 0.3) is 0 Å². The minimum absolute atomic E-state index is 0.0299. The molecule has 1 saturated heterocycles. The Bertz CT molecular complexity index is 771. The first-order valence-electron chi connectivity index (χ1n) is 8.70. The number of benzene rings is 1. The third kappa shape index (κ3) is 4.42. The van der Waals surface area contributed by atoms with Crippen LogP contribution in [0.3, 0.4) is 0 Å². The Morgan fingerprint density at radius 3 is 2.42 bits per heavy atom. The van der Waals surface area contributed by atoms with Crippen LogP contribution >= 0.6 is 0 Å². The molecule has 1 aromatic rings. The summed E-state index contributed by atoms with van der Waals surface area (Å²) in [6, 6.07) is 6.69. The van der Waals surface area contributed by atoms with Crippen LogP contribution in [-0.4, -0.2) is 48.5 Å². The van der Waals surface area contributed by atoms with Crippen LogP contribution in [-0.2, 0) is 25.0 Å². The van der Waals surface area contributed by atoms with Crippen LogP contribution in [0.5, 0.6) is 0 Å². The molecule has 1 amide bonds. The molecule has 0 radical (unpaired) electrons. The number of anilines is 1. The number of carbonyl (C=O) groups excluding carboxylic acids is 1. The highest BCUT2D eigenvalue weighted by molar-refractivity contribution is 7.89. The summed E-state index contributed by atoms with van der Waals surface area (Å²) in [5, 5.41) is 12.1.